The number of aryl methyl sites for hydroxylation is 1. The molecule has 0 heterocycles. The Labute approximate surface area is 80.7 Å². The molecule has 0 spiro atoms. The molecule has 0 atom stereocenters. The predicted molar refractivity (Wildman–Crippen MR) is 50.5 cm³/mol. The third-order valence-electron chi connectivity index (χ3n) is 1.58. The molecule has 0 saturated heterocycles. The van der Waals surface area contributed by atoms with Gasteiger partial charge in [0.2, 0.25) is 5.91 Å². The first kappa shape index (κ1) is 9.99. The van der Waals surface area contributed by atoms with Gasteiger partial charge in [-0.2, -0.15) is 0 Å². The lowest BCUT2D eigenvalue weighted by molar-refractivity contribution is -0.113. The second-order valence-corrected chi connectivity index (χ2v) is 2.91. The van der Waals surface area contributed by atoms with Crippen LogP contribution in [0.4, 0.5) is 10.1 Å². The highest BCUT2D eigenvalue weighted by molar-refractivity contribution is 6.29. The fourth-order valence-corrected chi connectivity index (χ4v) is 0.932. The molecule has 0 aliphatic heterocycles. The molecule has 4 heteroatoms. The number of carbonyl (C=O) groups excluding carboxylic acids is 1. The first-order chi connectivity index (χ1) is 6.13. The predicted octanol–water partition coefficient (Wildman–Crippen LogP) is 2.31. The summed E-state index contributed by atoms with van der Waals surface area (Å²) in [5, 5.41) is 2.45. The van der Waals surface area contributed by atoms with E-state index in [4.69, 9.17) is 11.6 Å². The van der Waals surface area contributed by atoms with Gasteiger partial charge in [0.05, 0.1) is 0 Å². The quantitative estimate of drug-likeness (QED) is 0.731. The van der Waals surface area contributed by atoms with E-state index in [2.05, 4.69) is 5.32 Å². The van der Waals surface area contributed by atoms with Crippen molar-refractivity contribution in [2.24, 2.45) is 0 Å². The summed E-state index contributed by atoms with van der Waals surface area (Å²) >= 11 is 5.27. The third-order valence-corrected chi connectivity index (χ3v) is 1.82. The summed E-state index contributed by atoms with van der Waals surface area (Å²) in [5.41, 5.74) is 0.970. The maximum absolute atomic E-state index is 12.9. The molecule has 0 aliphatic carbocycles. The average molecular weight is 202 g/mol. The molecular weight excluding hydrogens is 193 g/mol. The van der Waals surface area contributed by atoms with Crippen molar-refractivity contribution in [3.63, 3.8) is 0 Å². The van der Waals surface area contributed by atoms with Gasteiger partial charge in [0.25, 0.3) is 0 Å². The van der Waals surface area contributed by atoms with Gasteiger partial charge in [0.1, 0.15) is 11.7 Å². The Hall–Kier alpha value is -1.09. The molecule has 0 radical (unpaired) electrons. The third kappa shape index (κ3) is 2.70. The van der Waals surface area contributed by atoms with Crippen LogP contribution in [0.5, 0.6) is 0 Å². The van der Waals surface area contributed by atoms with E-state index in [-0.39, 0.29) is 17.6 Å². The minimum Gasteiger partial charge on any atom is -0.325 e. The SMILES string of the molecule is Cc1ccc(NC(=O)CCl)cc1F. The Balaban J connectivity index is 2.79. The first-order valence-electron chi connectivity index (χ1n) is 3.75. The molecule has 0 aromatic heterocycles. The Morgan fingerprint density at radius 3 is 2.85 bits per heavy atom. The molecular formula is C9H9ClFNO. The number of benzene rings is 1. The first-order valence-corrected chi connectivity index (χ1v) is 4.29. The van der Waals surface area contributed by atoms with Gasteiger partial charge >= 0.3 is 0 Å². The Morgan fingerprint density at radius 1 is 1.62 bits per heavy atom. The molecule has 1 aromatic rings. The Morgan fingerprint density at radius 2 is 2.31 bits per heavy atom. The van der Waals surface area contributed by atoms with Crippen LogP contribution in [0.25, 0.3) is 0 Å². The molecule has 0 unspecified atom stereocenters. The second-order valence-electron chi connectivity index (χ2n) is 2.65. The highest BCUT2D eigenvalue weighted by Gasteiger charge is 2.02. The van der Waals surface area contributed by atoms with E-state index in [1.54, 1.807) is 19.1 Å². The topological polar surface area (TPSA) is 29.1 Å². The van der Waals surface area contributed by atoms with Crippen LogP contribution in [-0.4, -0.2) is 11.8 Å². The van der Waals surface area contributed by atoms with Crippen LogP contribution in [0.1, 0.15) is 5.56 Å². The van der Waals surface area contributed by atoms with Crippen LogP contribution in [0.3, 0.4) is 0 Å². The number of anilines is 1. The van der Waals surface area contributed by atoms with E-state index in [1.165, 1.54) is 6.07 Å². The van der Waals surface area contributed by atoms with E-state index in [1.807, 2.05) is 0 Å². The molecule has 1 aromatic carbocycles. The highest BCUT2D eigenvalue weighted by Crippen LogP contribution is 2.13. The van der Waals surface area contributed by atoms with E-state index in [0.717, 1.165) is 0 Å². The number of hydrogen-bond acceptors (Lipinski definition) is 1. The van der Waals surface area contributed by atoms with Crippen molar-refractivity contribution in [1.82, 2.24) is 0 Å². The van der Waals surface area contributed by atoms with Gasteiger partial charge in [-0.1, -0.05) is 6.07 Å². The number of nitrogens with one attached hydrogen (secondary N) is 1. The number of amides is 1. The van der Waals surface area contributed by atoms with Crippen LogP contribution >= 0.6 is 11.6 Å². The zero-order chi connectivity index (χ0) is 9.84. The zero-order valence-corrected chi connectivity index (χ0v) is 7.86. The van der Waals surface area contributed by atoms with Crippen molar-refractivity contribution in [1.29, 1.82) is 0 Å². The highest BCUT2D eigenvalue weighted by atomic mass is 35.5. The van der Waals surface area contributed by atoms with Crippen LogP contribution < -0.4 is 5.32 Å². The van der Waals surface area contributed by atoms with Crippen LogP contribution in [-0.2, 0) is 4.79 Å². The van der Waals surface area contributed by atoms with Gasteiger partial charge in [0.15, 0.2) is 0 Å². The molecule has 0 aliphatic rings. The maximum Gasteiger partial charge on any atom is 0.239 e. The van der Waals surface area contributed by atoms with Crippen molar-refractivity contribution >= 4 is 23.2 Å². The molecule has 70 valence electrons. The average Bonchev–Trinajstić information content (AvgIpc) is 2.11. The second kappa shape index (κ2) is 4.23. The van der Waals surface area contributed by atoms with E-state index >= 15 is 0 Å². The molecule has 1 rings (SSSR count). The fourth-order valence-electron chi connectivity index (χ4n) is 0.865. The minimum atomic E-state index is -0.343. The van der Waals surface area contributed by atoms with Crippen molar-refractivity contribution < 1.29 is 9.18 Å². The van der Waals surface area contributed by atoms with E-state index in [0.29, 0.717) is 11.3 Å². The molecule has 13 heavy (non-hydrogen) atoms. The minimum absolute atomic E-state index is 0.129. The molecule has 0 bridgehead atoms. The number of rotatable bonds is 2. The summed E-state index contributed by atoms with van der Waals surface area (Å²) < 4.78 is 12.9. The normalized spacial score (nSPS) is 9.77. The standard InChI is InChI=1S/C9H9ClFNO/c1-6-2-3-7(4-8(6)11)12-9(13)5-10/h2-4H,5H2,1H3,(H,12,13). The van der Waals surface area contributed by atoms with Crippen LogP contribution in [0.2, 0.25) is 0 Å². The van der Waals surface area contributed by atoms with E-state index in [9.17, 15) is 9.18 Å². The molecule has 1 N–H and O–H groups in total. The lowest BCUT2D eigenvalue weighted by atomic mass is 10.2. The largest absolute Gasteiger partial charge is 0.325 e. The Kier molecular flexibility index (Phi) is 3.25. The fraction of sp³-hybridized carbons (Fsp3) is 0.222. The molecule has 1 amide bonds. The molecule has 0 saturated carbocycles. The molecule has 2 nitrogen and oxygen atoms in total. The van der Waals surface area contributed by atoms with Gasteiger partial charge < -0.3 is 5.32 Å². The summed E-state index contributed by atoms with van der Waals surface area (Å²) in [6.07, 6.45) is 0. The number of hydrogen-bond donors (Lipinski definition) is 1. The number of halogens is 2. The van der Waals surface area contributed by atoms with Crippen molar-refractivity contribution in [2.75, 3.05) is 11.2 Å². The van der Waals surface area contributed by atoms with Crippen molar-refractivity contribution in [2.45, 2.75) is 6.92 Å². The van der Waals surface area contributed by atoms with Crippen molar-refractivity contribution in [3.8, 4) is 0 Å². The number of carbonyl (C=O) groups is 1. The summed E-state index contributed by atoms with van der Waals surface area (Å²) in [4.78, 5) is 10.8. The summed E-state index contributed by atoms with van der Waals surface area (Å²) in [7, 11) is 0. The van der Waals surface area contributed by atoms with Crippen molar-refractivity contribution in [3.05, 3.63) is 29.6 Å². The maximum atomic E-state index is 12.9. The number of alkyl halides is 1. The Bertz CT molecular complexity index is 327. The molecule has 0 fully saturated rings. The van der Waals surface area contributed by atoms with Crippen LogP contribution in [0.15, 0.2) is 18.2 Å². The summed E-state index contributed by atoms with van der Waals surface area (Å²) in [6, 6.07) is 4.49. The monoisotopic (exact) mass is 201 g/mol. The van der Waals surface area contributed by atoms with E-state index < -0.39 is 0 Å². The van der Waals surface area contributed by atoms with Crippen LogP contribution in [0, 0.1) is 12.7 Å². The zero-order valence-electron chi connectivity index (χ0n) is 7.10. The van der Waals surface area contributed by atoms with Gasteiger partial charge in [-0.3, -0.25) is 4.79 Å². The van der Waals surface area contributed by atoms with Gasteiger partial charge in [-0.15, -0.1) is 11.6 Å². The lowest BCUT2D eigenvalue weighted by Crippen LogP contribution is -2.12. The summed E-state index contributed by atoms with van der Waals surface area (Å²) in [5.74, 6) is -0.813. The summed E-state index contributed by atoms with van der Waals surface area (Å²) in [6.45, 7) is 1.66. The van der Waals surface area contributed by atoms with Gasteiger partial charge in [-0.25, -0.2) is 4.39 Å². The van der Waals surface area contributed by atoms with Gasteiger partial charge in [-0.05, 0) is 24.6 Å². The lowest BCUT2D eigenvalue weighted by Gasteiger charge is -2.03. The smallest absolute Gasteiger partial charge is 0.239 e. The van der Waals surface area contributed by atoms with Gasteiger partial charge in [0, 0.05) is 5.69 Å².